The Morgan fingerprint density at radius 2 is 2.06 bits per heavy atom. The highest BCUT2D eigenvalue weighted by Crippen LogP contribution is 2.06. The zero-order valence-electron chi connectivity index (χ0n) is 10.3. The summed E-state index contributed by atoms with van der Waals surface area (Å²) in [7, 11) is 0. The molecule has 2 N–H and O–H groups in total. The third-order valence-electron chi connectivity index (χ3n) is 2.35. The Labute approximate surface area is 105 Å². The van der Waals surface area contributed by atoms with Crippen molar-refractivity contribution in [2.75, 3.05) is 19.8 Å². The van der Waals surface area contributed by atoms with Crippen LogP contribution in [0.4, 0.5) is 8.78 Å². The van der Waals surface area contributed by atoms with E-state index in [2.05, 4.69) is 10.1 Å². The number of ether oxygens (including phenoxy) is 1. The van der Waals surface area contributed by atoms with Gasteiger partial charge in [-0.25, -0.2) is 8.78 Å². The zero-order valence-corrected chi connectivity index (χ0v) is 10.3. The number of aliphatic carboxylic acids is 1. The first kappa shape index (κ1) is 16.8. The molecular formula is C11H19F2NO4. The van der Waals surface area contributed by atoms with Gasteiger partial charge in [0.15, 0.2) is 0 Å². The fraction of sp³-hybridized carbons (Fsp3) is 0.818. The summed E-state index contributed by atoms with van der Waals surface area (Å²) in [6.07, 6.45) is -1.89. The maximum absolute atomic E-state index is 11.7. The van der Waals surface area contributed by atoms with E-state index in [1.54, 1.807) is 0 Å². The Morgan fingerprint density at radius 1 is 1.39 bits per heavy atom. The van der Waals surface area contributed by atoms with Gasteiger partial charge in [-0.2, -0.15) is 0 Å². The lowest BCUT2D eigenvalue weighted by Crippen LogP contribution is -2.30. The number of nitrogens with one attached hydrogen (secondary N) is 1. The number of carbonyl (C=O) groups excluding carboxylic acids is 1. The van der Waals surface area contributed by atoms with E-state index in [1.807, 2.05) is 6.92 Å². The largest absolute Gasteiger partial charge is 0.481 e. The van der Waals surface area contributed by atoms with Crippen molar-refractivity contribution >= 4 is 11.9 Å². The first-order chi connectivity index (χ1) is 8.45. The highest BCUT2D eigenvalue weighted by Gasteiger charge is 2.12. The number of halogens is 2. The van der Waals surface area contributed by atoms with E-state index in [1.165, 1.54) is 0 Å². The lowest BCUT2D eigenvalue weighted by atomic mass is 10.0. The monoisotopic (exact) mass is 267 g/mol. The number of hydrogen-bond donors (Lipinski definition) is 2. The Hall–Kier alpha value is -1.24. The minimum Gasteiger partial charge on any atom is -0.481 e. The molecule has 0 saturated carbocycles. The van der Waals surface area contributed by atoms with E-state index in [0.717, 1.165) is 0 Å². The maximum atomic E-state index is 11.7. The van der Waals surface area contributed by atoms with Gasteiger partial charge >= 0.3 is 5.97 Å². The number of carbonyl (C=O) groups is 2. The molecule has 0 aliphatic heterocycles. The molecule has 0 aliphatic rings. The van der Waals surface area contributed by atoms with E-state index in [9.17, 15) is 18.4 Å². The minimum atomic E-state index is -2.53. The third kappa shape index (κ3) is 9.95. The van der Waals surface area contributed by atoms with Crippen molar-refractivity contribution in [3.63, 3.8) is 0 Å². The van der Waals surface area contributed by atoms with Crippen LogP contribution in [0.25, 0.3) is 0 Å². The van der Waals surface area contributed by atoms with E-state index in [4.69, 9.17) is 5.11 Å². The molecule has 7 heteroatoms. The number of hydrogen-bond acceptors (Lipinski definition) is 3. The number of carboxylic acids is 1. The van der Waals surface area contributed by atoms with Gasteiger partial charge in [-0.1, -0.05) is 13.3 Å². The van der Waals surface area contributed by atoms with Crippen LogP contribution in [0, 0.1) is 5.92 Å². The third-order valence-corrected chi connectivity index (χ3v) is 2.35. The molecule has 1 amide bonds. The highest BCUT2D eigenvalue weighted by atomic mass is 19.3. The van der Waals surface area contributed by atoms with Crippen LogP contribution in [0.5, 0.6) is 0 Å². The van der Waals surface area contributed by atoms with Crippen molar-refractivity contribution in [1.29, 1.82) is 0 Å². The van der Waals surface area contributed by atoms with Crippen LogP contribution < -0.4 is 5.32 Å². The first-order valence-electron chi connectivity index (χ1n) is 5.80. The lowest BCUT2D eigenvalue weighted by molar-refractivity contribution is -0.138. The molecule has 0 aromatic rings. The fourth-order valence-corrected chi connectivity index (χ4v) is 1.29. The number of carboxylic acid groups (broad SMARTS) is 1. The molecular weight excluding hydrogens is 248 g/mol. The maximum Gasteiger partial charge on any atom is 0.303 e. The first-order valence-corrected chi connectivity index (χ1v) is 5.80. The molecule has 0 fully saturated rings. The van der Waals surface area contributed by atoms with Gasteiger partial charge in [0.1, 0.15) is 6.61 Å². The van der Waals surface area contributed by atoms with E-state index < -0.39 is 19.0 Å². The standard InChI is InChI=1S/C11H19F2NO4/c1-2-8(5-11(16)17)6-14-10(15)3-4-18-7-9(12)13/h8-9H,2-7H2,1H3,(H,14,15)(H,16,17). The second-order valence-corrected chi connectivity index (χ2v) is 3.89. The Morgan fingerprint density at radius 3 is 2.56 bits per heavy atom. The van der Waals surface area contributed by atoms with Crippen LogP contribution in [0.15, 0.2) is 0 Å². The minimum absolute atomic E-state index is 0.00133. The molecule has 106 valence electrons. The van der Waals surface area contributed by atoms with Crippen LogP contribution in [-0.2, 0) is 14.3 Å². The molecule has 0 bridgehead atoms. The average molecular weight is 267 g/mol. The van der Waals surface area contributed by atoms with Gasteiger partial charge in [-0.3, -0.25) is 9.59 Å². The Bertz CT molecular complexity index is 261. The summed E-state index contributed by atoms with van der Waals surface area (Å²) in [5, 5.41) is 11.2. The molecule has 18 heavy (non-hydrogen) atoms. The van der Waals surface area contributed by atoms with Gasteiger partial charge in [0.2, 0.25) is 5.91 Å². The summed E-state index contributed by atoms with van der Waals surface area (Å²) in [6, 6.07) is 0. The Kier molecular flexibility index (Phi) is 9.08. The molecule has 5 nitrogen and oxygen atoms in total. The van der Waals surface area contributed by atoms with Gasteiger partial charge in [0.05, 0.1) is 6.61 Å². The molecule has 0 radical (unpaired) electrons. The van der Waals surface area contributed by atoms with E-state index >= 15 is 0 Å². The summed E-state index contributed by atoms with van der Waals surface area (Å²) >= 11 is 0. The highest BCUT2D eigenvalue weighted by molar-refractivity contribution is 5.76. The fourth-order valence-electron chi connectivity index (χ4n) is 1.29. The molecule has 0 heterocycles. The predicted octanol–water partition coefficient (Wildman–Crippen LogP) is 1.28. The smallest absolute Gasteiger partial charge is 0.303 e. The number of rotatable bonds is 10. The van der Waals surface area contributed by atoms with Crippen molar-refractivity contribution in [2.45, 2.75) is 32.6 Å². The van der Waals surface area contributed by atoms with E-state index in [0.29, 0.717) is 6.42 Å². The topological polar surface area (TPSA) is 75.6 Å². The van der Waals surface area contributed by atoms with Crippen molar-refractivity contribution in [3.05, 3.63) is 0 Å². The van der Waals surface area contributed by atoms with E-state index in [-0.39, 0.29) is 37.8 Å². The van der Waals surface area contributed by atoms with Gasteiger partial charge in [0, 0.05) is 19.4 Å². The molecule has 0 spiro atoms. The van der Waals surface area contributed by atoms with Crippen LogP contribution in [0.2, 0.25) is 0 Å². The van der Waals surface area contributed by atoms with Gasteiger partial charge in [0.25, 0.3) is 6.43 Å². The normalized spacial score (nSPS) is 12.4. The van der Waals surface area contributed by atoms with Crippen LogP contribution in [0.3, 0.4) is 0 Å². The summed E-state index contributed by atoms with van der Waals surface area (Å²) in [6.45, 7) is 1.37. The van der Waals surface area contributed by atoms with Gasteiger partial charge < -0.3 is 15.2 Å². The second kappa shape index (κ2) is 9.76. The number of amides is 1. The number of alkyl halides is 2. The predicted molar refractivity (Wildman–Crippen MR) is 60.5 cm³/mol. The molecule has 0 aromatic carbocycles. The second-order valence-electron chi connectivity index (χ2n) is 3.89. The van der Waals surface area contributed by atoms with Crippen molar-refractivity contribution < 1.29 is 28.2 Å². The van der Waals surface area contributed by atoms with Crippen LogP contribution >= 0.6 is 0 Å². The van der Waals surface area contributed by atoms with Crippen molar-refractivity contribution in [3.8, 4) is 0 Å². The quantitative estimate of drug-likeness (QED) is 0.585. The van der Waals surface area contributed by atoms with Gasteiger partial charge in [-0.05, 0) is 5.92 Å². The summed E-state index contributed by atoms with van der Waals surface area (Å²) in [5.41, 5.74) is 0. The van der Waals surface area contributed by atoms with Crippen molar-refractivity contribution in [1.82, 2.24) is 5.32 Å². The molecule has 0 aliphatic carbocycles. The lowest BCUT2D eigenvalue weighted by Gasteiger charge is -2.13. The van der Waals surface area contributed by atoms with Gasteiger partial charge in [-0.15, -0.1) is 0 Å². The molecule has 0 rings (SSSR count). The molecule has 0 aromatic heterocycles. The average Bonchev–Trinajstić information content (AvgIpc) is 2.29. The summed E-state index contributed by atoms with van der Waals surface area (Å²) in [5.74, 6) is -1.35. The Balaban J connectivity index is 3.64. The molecule has 1 unspecified atom stereocenters. The van der Waals surface area contributed by atoms with Crippen LogP contribution in [0.1, 0.15) is 26.2 Å². The summed E-state index contributed by atoms with van der Waals surface area (Å²) < 4.78 is 28.0. The molecule has 0 saturated heterocycles. The SMILES string of the molecule is CCC(CNC(=O)CCOCC(F)F)CC(=O)O. The summed E-state index contributed by atoms with van der Waals surface area (Å²) in [4.78, 5) is 21.8. The van der Waals surface area contributed by atoms with Crippen molar-refractivity contribution in [2.24, 2.45) is 5.92 Å². The molecule has 1 atom stereocenters. The zero-order chi connectivity index (χ0) is 14.0. The van der Waals surface area contributed by atoms with Crippen LogP contribution in [-0.4, -0.2) is 43.2 Å².